The number of hydrogen-bond donors (Lipinski definition) is 2. The van der Waals surface area contributed by atoms with Crippen LogP contribution in [0.5, 0.6) is 0 Å². The lowest BCUT2D eigenvalue weighted by Gasteiger charge is -2.08. The first-order valence-electron chi connectivity index (χ1n) is 7.19. The molecule has 0 aliphatic rings. The summed E-state index contributed by atoms with van der Waals surface area (Å²) < 4.78 is 28.0. The van der Waals surface area contributed by atoms with Crippen LogP contribution in [-0.4, -0.2) is 14.3 Å². The molecule has 8 heteroatoms. The highest BCUT2D eigenvalue weighted by atomic mass is 79.9. The number of carbonyl (C=O) groups excluding carboxylic acids is 1. The van der Waals surface area contributed by atoms with Crippen molar-refractivity contribution >= 4 is 54.6 Å². The van der Waals surface area contributed by atoms with Crippen molar-refractivity contribution in [2.24, 2.45) is 0 Å². The van der Waals surface area contributed by atoms with Crippen molar-refractivity contribution in [2.75, 3.05) is 10.0 Å². The molecule has 0 atom stereocenters. The lowest BCUT2D eigenvalue weighted by Crippen LogP contribution is -2.13. The molecular formula is C17H13BrN2O3S2. The van der Waals surface area contributed by atoms with Gasteiger partial charge < -0.3 is 5.32 Å². The first kappa shape index (κ1) is 17.7. The van der Waals surface area contributed by atoms with Crippen molar-refractivity contribution in [3.05, 3.63) is 76.1 Å². The molecule has 25 heavy (non-hydrogen) atoms. The summed E-state index contributed by atoms with van der Waals surface area (Å²) in [5, 5.41) is 2.77. The molecule has 0 spiro atoms. The average Bonchev–Trinajstić information content (AvgIpc) is 3.03. The number of benzene rings is 2. The summed E-state index contributed by atoms with van der Waals surface area (Å²) in [5.74, 6) is -0.261. The van der Waals surface area contributed by atoms with E-state index < -0.39 is 10.0 Å². The van der Waals surface area contributed by atoms with E-state index in [-0.39, 0.29) is 10.1 Å². The lowest BCUT2D eigenvalue weighted by molar-refractivity contribution is 0.102. The van der Waals surface area contributed by atoms with Gasteiger partial charge in [-0.1, -0.05) is 18.2 Å². The molecule has 1 heterocycles. The second kappa shape index (κ2) is 7.38. The zero-order valence-corrected chi connectivity index (χ0v) is 16.0. The Balaban J connectivity index is 1.71. The number of sulfonamides is 1. The Morgan fingerprint density at radius 3 is 2.16 bits per heavy atom. The van der Waals surface area contributed by atoms with Crippen LogP contribution in [0.1, 0.15) is 10.4 Å². The molecule has 0 aliphatic heterocycles. The fraction of sp³-hybridized carbons (Fsp3) is 0. The van der Waals surface area contributed by atoms with E-state index in [0.717, 1.165) is 15.1 Å². The first-order chi connectivity index (χ1) is 11.9. The van der Waals surface area contributed by atoms with Crippen LogP contribution >= 0.6 is 27.3 Å². The van der Waals surface area contributed by atoms with Gasteiger partial charge in [0.2, 0.25) is 0 Å². The molecule has 0 saturated heterocycles. The number of hydrogen-bond acceptors (Lipinski definition) is 4. The van der Waals surface area contributed by atoms with Gasteiger partial charge in [0.25, 0.3) is 15.9 Å². The van der Waals surface area contributed by atoms with Crippen molar-refractivity contribution in [2.45, 2.75) is 4.21 Å². The van der Waals surface area contributed by atoms with Gasteiger partial charge in [-0.3, -0.25) is 9.52 Å². The quantitative estimate of drug-likeness (QED) is 0.615. The van der Waals surface area contributed by atoms with E-state index in [2.05, 4.69) is 26.0 Å². The van der Waals surface area contributed by atoms with Crippen LogP contribution in [0.2, 0.25) is 0 Å². The predicted molar refractivity (Wildman–Crippen MR) is 104 cm³/mol. The molecule has 5 nitrogen and oxygen atoms in total. The Labute approximate surface area is 157 Å². The molecule has 3 rings (SSSR count). The maximum Gasteiger partial charge on any atom is 0.271 e. The molecular weight excluding hydrogens is 424 g/mol. The van der Waals surface area contributed by atoms with Crippen LogP contribution in [-0.2, 0) is 10.0 Å². The molecule has 3 aromatic rings. The molecule has 0 bridgehead atoms. The molecule has 2 aromatic carbocycles. The van der Waals surface area contributed by atoms with E-state index >= 15 is 0 Å². The molecule has 0 unspecified atom stereocenters. The highest BCUT2D eigenvalue weighted by Gasteiger charge is 2.16. The van der Waals surface area contributed by atoms with Gasteiger partial charge in [0.1, 0.15) is 4.21 Å². The van der Waals surface area contributed by atoms with Crippen molar-refractivity contribution < 1.29 is 13.2 Å². The van der Waals surface area contributed by atoms with Crippen LogP contribution in [0.15, 0.2) is 74.7 Å². The number of carbonyl (C=O) groups is 1. The maximum atomic E-state index is 12.3. The molecule has 0 radical (unpaired) electrons. The molecule has 2 N–H and O–H groups in total. The monoisotopic (exact) mass is 436 g/mol. The van der Waals surface area contributed by atoms with E-state index in [1.807, 2.05) is 18.2 Å². The van der Waals surface area contributed by atoms with E-state index in [1.165, 1.54) is 6.07 Å². The van der Waals surface area contributed by atoms with Gasteiger partial charge in [0.05, 0.1) is 3.79 Å². The lowest BCUT2D eigenvalue weighted by atomic mass is 10.2. The van der Waals surface area contributed by atoms with E-state index in [1.54, 1.807) is 42.5 Å². The van der Waals surface area contributed by atoms with Gasteiger partial charge in [-0.25, -0.2) is 8.42 Å². The number of anilines is 2. The topological polar surface area (TPSA) is 75.3 Å². The highest BCUT2D eigenvalue weighted by molar-refractivity contribution is 9.11. The van der Waals surface area contributed by atoms with Crippen LogP contribution < -0.4 is 10.0 Å². The maximum absolute atomic E-state index is 12.3. The number of nitrogens with one attached hydrogen (secondary N) is 2. The summed E-state index contributed by atoms with van der Waals surface area (Å²) in [6.07, 6.45) is 0. The molecule has 0 saturated carbocycles. The van der Waals surface area contributed by atoms with Gasteiger partial charge in [-0.15, -0.1) is 11.3 Å². The van der Waals surface area contributed by atoms with Gasteiger partial charge >= 0.3 is 0 Å². The van der Waals surface area contributed by atoms with Crippen LogP contribution in [0.3, 0.4) is 0 Å². The summed E-state index contributed by atoms with van der Waals surface area (Å²) in [6, 6.07) is 18.6. The predicted octanol–water partition coefficient (Wildman–Crippen LogP) is 4.56. The minimum atomic E-state index is -3.64. The standard InChI is InChI=1S/C17H13BrN2O3S2/c18-15-10-11-16(24-15)25(22,23)20-14-8-6-12(7-9-14)17(21)19-13-4-2-1-3-5-13/h1-11,20H,(H,19,21). The third kappa shape index (κ3) is 4.47. The zero-order valence-electron chi connectivity index (χ0n) is 12.8. The minimum Gasteiger partial charge on any atom is -0.322 e. The molecule has 1 aromatic heterocycles. The smallest absolute Gasteiger partial charge is 0.271 e. The van der Waals surface area contributed by atoms with Gasteiger partial charge in [-0.2, -0.15) is 0 Å². The SMILES string of the molecule is O=C(Nc1ccccc1)c1ccc(NS(=O)(=O)c2ccc(Br)s2)cc1. The number of para-hydroxylation sites is 1. The van der Waals surface area contributed by atoms with E-state index in [0.29, 0.717) is 16.9 Å². The fourth-order valence-electron chi connectivity index (χ4n) is 2.06. The van der Waals surface area contributed by atoms with Gasteiger partial charge in [0.15, 0.2) is 0 Å². The Morgan fingerprint density at radius 1 is 0.880 bits per heavy atom. The number of rotatable bonds is 5. The average molecular weight is 437 g/mol. The largest absolute Gasteiger partial charge is 0.322 e. The summed E-state index contributed by atoms with van der Waals surface area (Å²) in [6.45, 7) is 0. The van der Waals surface area contributed by atoms with E-state index in [9.17, 15) is 13.2 Å². The van der Waals surface area contributed by atoms with E-state index in [4.69, 9.17) is 0 Å². The molecule has 1 amide bonds. The highest BCUT2D eigenvalue weighted by Crippen LogP contribution is 2.27. The van der Waals surface area contributed by atoms with Gasteiger partial charge in [-0.05, 0) is 64.5 Å². The third-order valence-electron chi connectivity index (χ3n) is 3.24. The van der Waals surface area contributed by atoms with Crippen molar-refractivity contribution in [3.8, 4) is 0 Å². The summed E-state index contributed by atoms with van der Waals surface area (Å²) in [5.41, 5.74) is 1.52. The minimum absolute atomic E-state index is 0.213. The number of halogens is 1. The Morgan fingerprint density at radius 2 is 1.56 bits per heavy atom. The molecule has 128 valence electrons. The Hall–Kier alpha value is -2.16. The Bertz CT molecular complexity index is 984. The zero-order chi connectivity index (χ0) is 17.9. The van der Waals surface area contributed by atoms with Crippen LogP contribution in [0.25, 0.3) is 0 Å². The number of amides is 1. The van der Waals surface area contributed by atoms with Crippen molar-refractivity contribution in [1.29, 1.82) is 0 Å². The Kier molecular flexibility index (Phi) is 5.22. The summed E-state index contributed by atoms with van der Waals surface area (Å²) in [7, 11) is -3.64. The van der Waals surface area contributed by atoms with Crippen molar-refractivity contribution in [1.82, 2.24) is 0 Å². The summed E-state index contributed by atoms with van der Waals surface area (Å²) in [4.78, 5) is 12.2. The third-order valence-corrected chi connectivity index (χ3v) is 6.74. The normalized spacial score (nSPS) is 11.1. The summed E-state index contributed by atoms with van der Waals surface area (Å²) >= 11 is 4.37. The second-order valence-electron chi connectivity index (χ2n) is 5.06. The first-order valence-corrected chi connectivity index (χ1v) is 10.3. The molecule has 0 fully saturated rings. The van der Waals surface area contributed by atoms with Crippen molar-refractivity contribution in [3.63, 3.8) is 0 Å². The molecule has 0 aliphatic carbocycles. The second-order valence-corrected chi connectivity index (χ2v) is 9.43. The van der Waals surface area contributed by atoms with Crippen LogP contribution in [0, 0.1) is 0 Å². The fourth-order valence-corrected chi connectivity index (χ4v) is 5.13. The van der Waals surface area contributed by atoms with Crippen LogP contribution in [0.4, 0.5) is 11.4 Å². The number of thiophene rings is 1. The van der Waals surface area contributed by atoms with Gasteiger partial charge in [0, 0.05) is 16.9 Å².